The lowest BCUT2D eigenvalue weighted by atomic mass is 9.80. The van der Waals surface area contributed by atoms with Gasteiger partial charge in [0.15, 0.2) is 0 Å². The molecule has 2 N–H and O–H groups in total. The van der Waals surface area contributed by atoms with Crippen molar-refractivity contribution in [1.82, 2.24) is 0 Å². The van der Waals surface area contributed by atoms with Crippen LogP contribution in [0, 0.1) is 5.82 Å². The summed E-state index contributed by atoms with van der Waals surface area (Å²) in [6, 6.07) is 8.73. The molecule has 0 spiro atoms. The molecule has 0 aliphatic rings. The molecule has 0 saturated heterocycles. The van der Waals surface area contributed by atoms with E-state index in [1.165, 1.54) is 12.1 Å². The van der Waals surface area contributed by atoms with Crippen molar-refractivity contribution in [3.8, 4) is 5.75 Å². The van der Waals surface area contributed by atoms with Crippen LogP contribution in [0.15, 0.2) is 36.4 Å². The SMILES string of the molecule is OB(O)c1ccc(OCc2cc(Cl)ccc2Cl)cc1F. The van der Waals surface area contributed by atoms with Gasteiger partial charge < -0.3 is 14.8 Å². The lowest BCUT2D eigenvalue weighted by molar-refractivity contribution is 0.305. The van der Waals surface area contributed by atoms with Gasteiger partial charge in [0.25, 0.3) is 0 Å². The fourth-order valence-electron chi connectivity index (χ4n) is 1.62. The van der Waals surface area contributed by atoms with Gasteiger partial charge in [-0.05, 0) is 24.3 Å². The van der Waals surface area contributed by atoms with Crippen LogP contribution in [-0.2, 0) is 6.61 Å². The summed E-state index contributed by atoms with van der Waals surface area (Å²) in [7, 11) is -1.86. The molecule has 2 aromatic rings. The molecule has 7 heteroatoms. The summed E-state index contributed by atoms with van der Waals surface area (Å²) < 4.78 is 18.9. The third-order valence-electron chi connectivity index (χ3n) is 2.65. The van der Waals surface area contributed by atoms with Crippen molar-refractivity contribution in [2.24, 2.45) is 0 Å². The highest BCUT2D eigenvalue weighted by Crippen LogP contribution is 2.22. The van der Waals surface area contributed by atoms with Crippen molar-refractivity contribution in [1.29, 1.82) is 0 Å². The Balaban J connectivity index is 2.11. The standard InChI is InChI=1S/C13H10BCl2FO3/c15-9-1-4-12(16)8(5-9)7-20-10-2-3-11(14(18)19)13(17)6-10/h1-6,18-19H,7H2. The molecule has 0 aliphatic carbocycles. The second kappa shape index (κ2) is 6.46. The quantitative estimate of drug-likeness (QED) is 0.852. The minimum absolute atomic E-state index is 0.125. The summed E-state index contributed by atoms with van der Waals surface area (Å²) in [5.41, 5.74) is 0.462. The predicted octanol–water partition coefficient (Wildman–Crippen LogP) is 2.39. The van der Waals surface area contributed by atoms with Crippen molar-refractivity contribution in [2.45, 2.75) is 6.61 Å². The van der Waals surface area contributed by atoms with Crippen LogP contribution in [-0.4, -0.2) is 17.2 Å². The first kappa shape index (κ1) is 15.1. The van der Waals surface area contributed by atoms with E-state index in [-0.39, 0.29) is 17.8 Å². The van der Waals surface area contributed by atoms with Crippen LogP contribution in [0.3, 0.4) is 0 Å². The second-order valence-corrected chi connectivity index (χ2v) is 4.93. The maximum absolute atomic E-state index is 13.5. The summed E-state index contributed by atoms with van der Waals surface area (Å²) in [6.07, 6.45) is 0. The Labute approximate surface area is 125 Å². The predicted molar refractivity (Wildman–Crippen MR) is 77.0 cm³/mol. The molecule has 0 radical (unpaired) electrons. The molecule has 2 rings (SSSR count). The zero-order chi connectivity index (χ0) is 14.7. The van der Waals surface area contributed by atoms with Crippen molar-refractivity contribution >= 4 is 35.8 Å². The Morgan fingerprint density at radius 3 is 2.50 bits per heavy atom. The fraction of sp³-hybridized carbons (Fsp3) is 0.0769. The zero-order valence-electron chi connectivity index (χ0n) is 10.2. The fourth-order valence-corrected chi connectivity index (χ4v) is 1.99. The zero-order valence-corrected chi connectivity index (χ0v) is 11.7. The molecule has 3 nitrogen and oxygen atoms in total. The van der Waals surface area contributed by atoms with Gasteiger partial charge in [-0.1, -0.05) is 29.3 Å². The van der Waals surface area contributed by atoms with Crippen LogP contribution < -0.4 is 10.2 Å². The first-order valence-corrected chi connectivity index (χ1v) is 6.45. The van der Waals surface area contributed by atoms with E-state index in [1.807, 2.05) is 0 Å². The Morgan fingerprint density at radius 1 is 1.10 bits per heavy atom. The number of hydrogen-bond acceptors (Lipinski definition) is 3. The molecule has 0 atom stereocenters. The molecule has 0 unspecified atom stereocenters. The average Bonchev–Trinajstić information content (AvgIpc) is 2.39. The molecule has 2 aromatic carbocycles. The first-order chi connectivity index (χ1) is 9.47. The lowest BCUT2D eigenvalue weighted by Crippen LogP contribution is -2.32. The first-order valence-electron chi connectivity index (χ1n) is 5.69. The normalized spacial score (nSPS) is 10.4. The van der Waals surface area contributed by atoms with Crippen LogP contribution in [0.2, 0.25) is 10.0 Å². The van der Waals surface area contributed by atoms with Gasteiger partial charge in [-0.2, -0.15) is 0 Å². The molecule has 0 aromatic heterocycles. The highest BCUT2D eigenvalue weighted by Gasteiger charge is 2.16. The molecule has 0 amide bonds. The number of hydrogen-bond donors (Lipinski definition) is 2. The van der Waals surface area contributed by atoms with Crippen LogP contribution >= 0.6 is 23.2 Å². The number of benzene rings is 2. The van der Waals surface area contributed by atoms with E-state index in [2.05, 4.69) is 0 Å². The van der Waals surface area contributed by atoms with Crippen LogP contribution in [0.25, 0.3) is 0 Å². The van der Waals surface area contributed by atoms with Gasteiger partial charge in [-0.15, -0.1) is 0 Å². The van der Waals surface area contributed by atoms with Gasteiger partial charge in [0, 0.05) is 27.1 Å². The Morgan fingerprint density at radius 2 is 1.85 bits per heavy atom. The summed E-state index contributed by atoms with van der Waals surface area (Å²) in [5, 5.41) is 18.8. The van der Waals surface area contributed by atoms with Gasteiger partial charge in [-0.25, -0.2) is 4.39 Å². The maximum atomic E-state index is 13.5. The molecule has 104 valence electrons. The Kier molecular flexibility index (Phi) is 4.88. The number of rotatable bonds is 4. The molecule has 0 saturated carbocycles. The van der Waals surface area contributed by atoms with E-state index in [4.69, 9.17) is 38.0 Å². The number of ether oxygens (including phenoxy) is 1. The van der Waals surface area contributed by atoms with E-state index in [0.29, 0.717) is 15.6 Å². The smallest absolute Gasteiger partial charge is 0.489 e. The Hall–Kier alpha value is -1.27. The third kappa shape index (κ3) is 3.64. The topological polar surface area (TPSA) is 49.7 Å². The summed E-state index contributed by atoms with van der Waals surface area (Å²) in [5.74, 6) is -0.502. The van der Waals surface area contributed by atoms with E-state index in [1.54, 1.807) is 18.2 Å². The number of halogens is 3. The van der Waals surface area contributed by atoms with Gasteiger partial charge in [0.2, 0.25) is 0 Å². The van der Waals surface area contributed by atoms with E-state index >= 15 is 0 Å². The summed E-state index contributed by atoms with van der Waals surface area (Å²) >= 11 is 11.8. The van der Waals surface area contributed by atoms with E-state index < -0.39 is 12.9 Å². The third-order valence-corrected chi connectivity index (χ3v) is 3.26. The van der Waals surface area contributed by atoms with E-state index in [0.717, 1.165) is 6.07 Å². The van der Waals surface area contributed by atoms with Crippen molar-refractivity contribution in [2.75, 3.05) is 0 Å². The lowest BCUT2D eigenvalue weighted by Gasteiger charge is -2.09. The van der Waals surface area contributed by atoms with Gasteiger partial charge in [0.1, 0.15) is 18.2 Å². The second-order valence-electron chi connectivity index (χ2n) is 4.08. The van der Waals surface area contributed by atoms with Crippen LogP contribution in [0.4, 0.5) is 4.39 Å². The molecular formula is C13H10BCl2FO3. The molecule has 0 bridgehead atoms. The largest absolute Gasteiger partial charge is 0.491 e. The Bertz CT molecular complexity index is 623. The van der Waals surface area contributed by atoms with Crippen molar-refractivity contribution < 1.29 is 19.2 Å². The minimum atomic E-state index is -1.86. The van der Waals surface area contributed by atoms with Crippen molar-refractivity contribution in [3.63, 3.8) is 0 Å². The van der Waals surface area contributed by atoms with Crippen LogP contribution in [0.5, 0.6) is 5.75 Å². The highest BCUT2D eigenvalue weighted by atomic mass is 35.5. The molecule has 0 fully saturated rings. The minimum Gasteiger partial charge on any atom is -0.489 e. The van der Waals surface area contributed by atoms with Crippen molar-refractivity contribution in [3.05, 3.63) is 57.8 Å². The maximum Gasteiger partial charge on any atom is 0.491 e. The average molecular weight is 315 g/mol. The molecule has 20 heavy (non-hydrogen) atoms. The van der Waals surface area contributed by atoms with Gasteiger partial charge in [0.05, 0.1) is 0 Å². The van der Waals surface area contributed by atoms with E-state index in [9.17, 15) is 4.39 Å². The molecular weight excluding hydrogens is 305 g/mol. The van der Waals surface area contributed by atoms with Gasteiger partial charge >= 0.3 is 7.12 Å². The van der Waals surface area contributed by atoms with Gasteiger partial charge in [-0.3, -0.25) is 0 Å². The summed E-state index contributed by atoms with van der Waals surface area (Å²) in [4.78, 5) is 0. The summed E-state index contributed by atoms with van der Waals surface area (Å²) in [6.45, 7) is 0.125. The van der Waals surface area contributed by atoms with Crippen LogP contribution in [0.1, 0.15) is 5.56 Å². The monoisotopic (exact) mass is 314 g/mol. The highest BCUT2D eigenvalue weighted by molar-refractivity contribution is 6.58. The molecule has 0 aliphatic heterocycles. The molecule has 0 heterocycles.